The van der Waals surface area contributed by atoms with Crippen molar-refractivity contribution in [3.63, 3.8) is 0 Å². The fourth-order valence-electron chi connectivity index (χ4n) is 2.55. The average Bonchev–Trinajstić information content (AvgIpc) is 2.39. The van der Waals surface area contributed by atoms with E-state index in [9.17, 15) is 5.11 Å². The molecule has 1 aliphatic heterocycles. The normalized spacial score (nSPS) is 19.8. The lowest BCUT2D eigenvalue weighted by Gasteiger charge is -2.38. The first-order valence-electron chi connectivity index (χ1n) is 6.38. The number of piperidine rings is 1. The molecule has 0 aromatic heterocycles. The average molecular weight is 270 g/mol. The van der Waals surface area contributed by atoms with Crippen molar-refractivity contribution in [1.29, 1.82) is 0 Å². The Morgan fingerprint density at radius 3 is 2.61 bits per heavy atom. The molecule has 1 aliphatic rings. The van der Waals surface area contributed by atoms with E-state index in [0.717, 1.165) is 38.0 Å². The summed E-state index contributed by atoms with van der Waals surface area (Å²) in [6, 6.07) is 5.43. The fourth-order valence-corrected chi connectivity index (χ4v) is 2.72. The summed E-state index contributed by atoms with van der Waals surface area (Å²) in [5.41, 5.74) is -0.00435. The maximum atomic E-state index is 10.8. The first kappa shape index (κ1) is 13.7. The summed E-state index contributed by atoms with van der Waals surface area (Å²) in [4.78, 5) is 2.34. The van der Waals surface area contributed by atoms with Crippen LogP contribution in [0.25, 0.3) is 0 Å². The van der Waals surface area contributed by atoms with E-state index in [1.807, 2.05) is 12.1 Å². The van der Waals surface area contributed by atoms with Crippen molar-refractivity contribution in [2.24, 2.45) is 0 Å². The van der Waals surface area contributed by atoms with Crippen molar-refractivity contribution in [1.82, 2.24) is 4.90 Å². The summed E-state index contributed by atoms with van der Waals surface area (Å²) in [6.45, 7) is 4.98. The van der Waals surface area contributed by atoms with E-state index in [1.165, 1.54) is 0 Å². The summed E-state index contributed by atoms with van der Waals surface area (Å²) in [5, 5.41) is 11.5. The number of methoxy groups -OCH3 is 1. The fraction of sp³-hybridized carbons (Fsp3) is 0.571. The Balaban J connectivity index is 2.27. The van der Waals surface area contributed by atoms with Crippen LogP contribution in [0.15, 0.2) is 18.2 Å². The van der Waals surface area contributed by atoms with Crippen LogP contribution in [-0.4, -0.2) is 36.8 Å². The largest absolute Gasteiger partial charge is 0.496 e. The van der Waals surface area contributed by atoms with E-state index in [4.69, 9.17) is 16.3 Å². The second-order valence-corrected chi connectivity index (χ2v) is 5.25. The highest BCUT2D eigenvalue weighted by atomic mass is 35.5. The van der Waals surface area contributed by atoms with Crippen LogP contribution in [-0.2, 0) is 5.60 Å². The predicted octanol–water partition coefficient (Wildman–Crippen LogP) is 2.65. The molecule has 0 atom stereocenters. The summed E-state index contributed by atoms with van der Waals surface area (Å²) in [5.74, 6) is 0.715. The molecule has 1 aromatic rings. The van der Waals surface area contributed by atoms with Gasteiger partial charge in [0.15, 0.2) is 0 Å². The molecule has 18 heavy (non-hydrogen) atoms. The smallest absolute Gasteiger partial charge is 0.125 e. The van der Waals surface area contributed by atoms with Gasteiger partial charge >= 0.3 is 0 Å². The molecule has 0 unspecified atom stereocenters. The summed E-state index contributed by atoms with van der Waals surface area (Å²) in [7, 11) is 1.62. The highest BCUT2D eigenvalue weighted by Crippen LogP contribution is 2.39. The topological polar surface area (TPSA) is 32.7 Å². The van der Waals surface area contributed by atoms with Crippen LogP contribution in [0.1, 0.15) is 25.3 Å². The van der Waals surface area contributed by atoms with Crippen LogP contribution < -0.4 is 4.74 Å². The van der Waals surface area contributed by atoms with Crippen LogP contribution >= 0.6 is 11.6 Å². The Morgan fingerprint density at radius 1 is 1.39 bits per heavy atom. The number of ether oxygens (including phenoxy) is 1. The first-order chi connectivity index (χ1) is 8.59. The minimum absolute atomic E-state index is 0.636. The highest BCUT2D eigenvalue weighted by molar-refractivity contribution is 6.30. The molecule has 1 saturated heterocycles. The molecule has 0 aliphatic carbocycles. The Morgan fingerprint density at radius 2 is 2.06 bits per heavy atom. The van der Waals surface area contributed by atoms with Gasteiger partial charge in [-0.1, -0.05) is 18.5 Å². The number of hydrogen-bond acceptors (Lipinski definition) is 3. The highest BCUT2D eigenvalue weighted by Gasteiger charge is 2.35. The second-order valence-electron chi connectivity index (χ2n) is 4.81. The molecule has 1 N–H and O–H groups in total. The van der Waals surface area contributed by atoms with Gasteiger partial charge in [-0.25, -0.2) is 0 Å². The molecular weight excluding hydrogens is 250 g/mol. The Bertz CT molecular complexity index is 414. The van der Waals surface area contributed by atoms with Crippen LogP contribution in [0.2, 0.25) is 5.02 Å². The molecule has 0 radical (unpaired) electrons. The van der Waals surface area contributed by atoms with Gasteiger partial charge in [0.05, 0.1) is 12.7 Å². The SMILES string of the molecule is CCN1CCC(O)(c2cc(Cl)ccc2OC)CC1. The number of rotatable bonds is 3. The molecule has 0 spiro atoms. The zero-order valence-electron chi connectivity index (χ0n) is 10.9. The molecule has 0 bridgehead atoms. The summed E-state index contributed by atoms with van der Waals surface area (Å²) < 4.78 is 5.34. The number of halogens is 1. The number of aliphatic hydroxyl groups is 1. The first-order valence-corrected chi connectivity index (χ1v) is 6.75. The molecule has 3 nitrogen and oxygen atoms in total. The number of hydrogen-bond donors (Lipinski definition) is 1. The van der Waals surface area contributed by atoms with Gasteiger partial charge in [0.1, 0.15) is 5.75 Å². The zero-order chi connectivity index (χ0) is 13.2. The zero-order valence-corrected chi connectivity index (χ0v) is 11.7. The van der Waals surface area contributed by atoms with Gasteiger partial charge in [-0.2, -0.15) is 0 Å². The van der Waals surface area contributed by atoms with Gasteiger partial charge in [-0.05, 0) is 37.6 Å². The molecule has 4 heteroatoms. The van der Waals surface area contributed by atoms with Gasteiger partial charge < -0.3 is 14.7 Å². The van der Waals surface area contributed by atoms with Gasteiger partial charge in [-0.3, -0.25) is 0 Å². The van der Waals surface area contributed by atoms with Crippen LogP contribution in [0.3, 0.4) is 0 Å². The lowest BCUT2D eigenvalue weighted by molar-refractivity contribution is -0.0262. The molecule has 1 aromatic carbocycles. The Kier molecular flexibility index (Phi) is 4.15. The van der Waals surface area contributed by atoms with Crippen molar-refractivity contribution in [2.45, 2.75) is 25.4 Å². The Labute approximate surface area is 113 Å². The maximum Gasteiger partial charge on any atom is 0.125 e. The molecule has 1 heterocycles. The summed E-state index contributed by atoms with van der Waals surface area (Å²) >= 11 is 6.03. The van der Waals surface area contributed by atoms with Crippen molar-refractivity contribution < 1.29 is 9.84 Å². The maximum absolute atomic E-state index is 10.8. The predicted molar refractivity (Wildman–Crippen MR) is 73.2 cm³/mol. The van der Waals surface area contributed by atoms with Crippen LogP contribution in [0.5, 0.6) is 5.75 Å². The van der Waals surface area contributed by atoms with Gasteiger partial charge in [0, 0.05) is 23.7 Å². The number of benzene rings is 1. The van der Waals surface area contributed by atoms with Gasteiger partial charge in [-0.15, -0.1) is 0 Å². The number of likely N-dealkylation sites (tertiary alicyclic amines) is 1. The van der Waals surface area contributed by atoms with Crippen molar-refractivity contribution >= 4 is 11.6 Å². The van der Waals surface area contributed by atoms with E-state index in [-0.39, 0.29) is 0 Å². The van der Waals surface area contributed by atoms with Gasteiger partial charge in [0.2, 0.25) is 0 Å². The van der Waals surface area contributed by atoms with Gasteiger partial charge in [0.25, 0.3) is 0 Å². The van der Waals surface area contributed by atoms with E-state index in [1.54, 1.807) is 13.2 Å². The molecular formula is C14H20ClNO2. The standard InChI is InChI=1S/C14H20ClNO2/c1-3-16-8-6-14(17,7-9-16)12-10-11(15)4-5-13(12)18-2/h4-5,10,17H,3,6-9H2,1-2H3. The molecule has 100 valence electrons. The third-order valence-corrected chi connectivity index (χ3v) is 4.03. The lowest BCUT2D eigenvalue weighted by Crippen LogP contribution is -2.42. The second kappa shape index (κ2) is 5.47. The summed E-state index contributed by atoms with van der Waals surface area (Å²) in [6.07, 6.45) is 1.44. The van der Waals surface area contributed by atoms with E-state index < -0.39 is 5.60 Å². The minimum atomic E-state index is -0.818. The third kappa shape index (κ3) is 2.63. The third-order valence-electron chi connectivity index (χ3n) is 3.79. The molecule has 0 saturated carbocycles. The van der Waals surface area contributed by atoms with Crippen molar-refractivity contribution in [3.8, 4) is 5.75 Å². The molecule has 1 fully saturated rings. The van der Waals surface area contributed by atoms with E-state index >= 15 is 0 Å². The van der Waals surface area contributed by atoms with Crippen LogP contribution in [0.4, 0.5) is 0 Å². The molecule has 0 amide bonds. The van der Waals surface area contributed by atoms with E-state index in [0.29, 0.717) is 10.8 Å². The quantitative estimate of drug-likeness (QED) is 0.916. The number of nitrogens with zero attached hydrogens (tertiary/aromatic N) is 1. The van der Waals surface area contributed by atoms with Crippen molar-refractivity contribution in [2.75, 3.05) is 26.7 Å². The van der Waals surface area contributed by atoms with E-state index in [2.05, 4.69) is 11.8 Å². The monoisotopic (exact) mass is 269 g/mol. The minimum Gasteiger partial charge on any atom is -0.496 e. The Hall–Kier alpha value is -0.770. The lowest BCUT2D eigenvalue weighted by atomic mass is 9.84. The molecule has 2 rings (SSSR count). The van der Waals surface area contributed by atoms with Crippen molar-refractivity contribution in [3.05, 3.63) is 28.8 Å². The van der Waals surface area contributed by atoms with Crippen LogP contribution in [0, 0.1) is 0 Å².